The number of fused-ring (bicyclic) bond motifs is 2. The van der Waals surface area contributed by atoms with Gasteiger partial charge >= 0.3 is 0 Å². The summed E-state index contributed by atoms with van der Waals surface area (Å²) in [7, 11) is 0. The van der Waals surface area contributed by atoms with Gasteiger partial charge in [-0.25, -0.2) is 0 Å². The van der Waals surface area contributed by atoms with E-state index in [1.54, 1.807) is 12.1 Å². The van der Waals surface area contributed by atoms with Crippen LogP contribution in [0.3, 0.4) is 0 Å². The van der Waals surface area contributed by atoms with Crippen LogP contribution in [0.1, 0.15) is 31.8 Å². The molecule has 3 aromatic rings. The van der Waals surface area contributed by atoms with E-state index in [-0.39, 0.29) is 37.2 Å². The van der Waals surface area contributed by atoms with E-state index >= 15 is 0 Å². The highest BCUT2D eigenvalue weighted by molar-refractivity contribution is 6.23. The van der Waals surface area contributed by atoms with Crippen LogP contribution in [0, 0.1) is 6.92 Å². The van der Waals surface area contributed by atoms with Crippen LogP contribution in [0.4, 0.5) is 0 Å². The lowest BCUT2D eigenvalue weighted by Gasteiger charge is -2.14. The van der Waals surface area contributed by atoms with E-state index in [9.17, 15) is 14.4 Å². The molecule has 1 aliphatic heterocycles. The van der Waals surface area contributed by atoms with Crippen LogP contribution in [0.5, 0.6) is 0 Å². The Morgan fingerprint density at radius 2 is 1.54 bits per heavy atom. The number of hydrogen-bond donors (Lipinski definition) is 1. The van der Waals surface area contributed by atoms with Gasteiger partial charge in [-0.15, -0.1) is 0 Å². The van der Waals surface area contributed by atoms with Crippen molar-refractivity contribution in [2.75, 3.05) is 13.1 Å². The zero-order valence-electron chi connectivity index (χ0n) is 15.6. The van der Waals surface area contributed by atoms with Crippen LogP contribution in [0.25, 0.3) is 10.8 Å². The first-order chi connectivity index (χ1) is 13.5. The van der Waals surface area contributed by atoms with Crippen LogP contribution in [0.15, 0.2) is 60.7 Å². The Kier molecular flexibility index (Phi) is 4.65. The number of rotatable bonds is 5. The minimum Gasteiger partial charge on any atom is -0.354 e. The maximum Gasteiger partial charge on any atom is 0.261 e. The Hall–Kier alpha value is -3.47. The van der Waals surface area contributed by atoms with Gasteiger partial charge in [-0.3, -0.25) is 19.3 Å². The molecule has 0 aliphatic carbocycles. The summed E-state index contributed by atoms with van der Waals surface area (Å²) in [6.45, 7) is 2.37. The van der Waals surface area contributed by atoms with E-state index in [0.29, 0.717) is 11.1 Å². The van der Waals surface area contributed by atoms with E-state index in [0.717, 1.165) is 21.9 Å². The van der Waals surface area contributed by atoms with E-state index in [4.69, 9.17) is 0 Å². The fourth-order valence-electron chi connectivity index (χ4n) is 3.56. The number of amides is 3. The Balaban J connectivity index is 1.40. The van der Waals surface area contributed by atoms with Crippen LogP contribution < -0.4 is 5.32 Å². The zero-order chi connectivity index (χ0) is 19.7. The van der Waals surface area contributed by atoms with E-state index < -0.39 is 0 Å². The van der Waals surface area contributed by atoms with Gasteiger partial charge in [0, 0.05) is 13.1 Å². The normalized spacial score (nSPS) is 13.1. The maximum atomic E-state index is 12.6. The number of carbonyl (C=O) groups excluding carboxylic acids is 3. The number of hydrogen-bond acceptors (Lipinski definition) is 3. The van der Waals surface area contributed by atoms with Crippen molar-refractivity contribution in [3.8, 4) is 0 Å². The molecule has 28 heavy (non-hydrogen) atoms. The molecule has 0 radical (unpaired) electrons. The minimum atomic E-state index is -0.307. The van der Waals surface area contributed by atoms with Crippen molar-refractivity contribution in [2.24, 2.45) is 0 Å². The highest BCUT2D eigenvalue weighted by atomic mass is 16.2. The van der Waals surface area contributed by atoms with Crippen molar-refractivity contribution in [2.45, 2.75) is 13.3 Å². The van der Waals surface area contributed by atoms with Crippen LogP contribution in [-0.4, -0.2) is 35.7 Å². The second-order valence-electron chi connectivity index (χ2n) is 7.02. The van der Waals surface area contributed by atoms with Crippen molar-refractivity contribution in [3.63, 3.8) is 0 Å². The van der Waals surface area contributed by atoms with Crippen LogP contribution >= 0.6 is 0 Å². The third-order valence-electron chi connectivity index (χ3n) is 4.94. The number of imide groups is 1. The van der Waals surface area contributed by atoms with Gasteiger partial charge in [-0.05, 0) is 35.4 Å². The average Bonchev–Trinajstić information content (AvgIpc) is 2.91. The van der Waals surface area contributed by atoms with Gasteiger partial charge in [-0.1, -0.05) is 54.1 Å². The molecule has 1 aliphatic rings. The molecule has 0 atom stereocenters. The van der Waals surface area contributed by atoms with Crippen molar-refractivity contribution in [3.05, 3.63) is 82.9 Å². The second kappa shape index (κ2) is 7.27. The van der Waals surface area contributed by atoms with Crippen molar-refractivity contribution in [1.82, 2.24) is 10.2 Å². The first kappa shape index (κ1) is 17.9. The summed E-state index contributed by atoms with van der Waals surface area (Å²) in [6, 6.07) is 18.9. The first-order valence-corrected chi connectivity index (χ1v) is 9.24. The van der Waals surface area contributed by atoms with Crippen molar-refractivity contribution in [1.29, 1.82) is 0 Å². The molecule has 0 unspecified atom stereocenters. The fourth-order valence-corrected chi connectivity index (χ4v) is 3.56. The number of aryl methyl sites for hydroxylation is 1. The quantitative estimate of drug-likeness (QED) is 0.700. The molecular weight excluding hydrogens is 352 g/mol. The summed E-state index contributed by atoms with van der Waals surface area (Å²) >= 11 is 0. The molecule has 3 aromatic carbocycles. The van der Waals surface area contributed by atoms with E-state index in [1.807, 2.05) is 55.5 Å². The van der Waals surface area contributed by atoms with Crippen molar-refractivity contribution < 1.29 is 14.4 Å². The lowest BCUT2D eigenvalue weighted by atomic mass is 10.0. The van der Waals surface area contributed by atoms with Gasteiger partial charge in [0.25, 0.3) is 11.8 Å². The summed E-state index contributed by atoms with van der Waals surface area (Å²) in [5.74, 6) is -0.745. The molecule has 4 rings (SSSR count). The van der Waals surface area contributed by atoms with Crippen LogP contribution in [0.2, 0.25) is 0 Å². The summed E-state index contributed by atoms with van der Waals surface area (Å²) in [5.41, 5.74) is 2.89. The Bertz CT molecular complexity index is 1050. The number of benzene rings is 3. The summed E-state index contributed by atoms with van der Waals surface area (Å²) in [6.07, 6.45) is 0.273. The topological polar surface area (TPSA) is 66.5 Å². The third-order valence-corrected chi connectivity index (χ3v) is 4.94. The summed E-state index contributed by atoms with van der Waals surface area (Å²) < 4.78 is 0. The molecule has 5 nitrogen and oxygen atoms in total. The molecule has 5 heteroatoms. The van der Waals surface area contributed by atoms with Crippen LogP contribution in [-0.2, 0) is 11.2 Å². The van der Waals surface area contributed by atoms with Gasteiger partial charge < -0.3 is 5.32 Å². The lowest BCUT2D eigenvalue weighted by molar-refractivity contribution is -0.120. The molecule has 0 aromatic heterocycles. The average molecular weight is 372 g/mol. The van der Waals surface area contributed by atoms with Gasteiger partial charge in [0.2, 0.25) is 5.91 Å². The lowest BCUT2D eigenvalue weighted by Crippen LogP contribution is -2.38. The fraction of sp³-hybridized carbons (Fsp3) is 0.174. The Morgan fingerprint density at radius 1 is 0.893 bits per heavy atom. The minimum absolute atomic E-state index is 0.132. The Morgan fingerprint density at radius 3 is 2.14 bits per heavy atom. The monoisotopic (exact) mass is 372 g/mol. The maximum absolute atomic E-state index is 12.6. The SMILES string of the molecule is Cc1cccc(CC(=O)NCCN2C(=O)c3cc4ccccc4cc3C2=O)c1. The molecule has 140 valence electrons. The van der Waals surface area contributed by atoms with Gasteiger partial charge in [-0.2, -0.15) is 0 Å². The highest BCUT2D eigenvalue weighted by Gasteiger charge is 2.35. The van der Waals surface area contributed by atoms with Crippen molar-refractivity contribution >= 4 is 28.5 Å². The van der Waals surface area contributed by atoms with Gasteiger partial charge in [0.15, 0.2) is 0 Å². The largest absolute Gasteiger partial charge is 0.354 e. The predicted molar refractivity (Wildman–Crippen MR) is 107 cm³/mol. The predicted octanol–water partition coefficient (Wildman–Crippen LogP) is 3.10. The first-order valence-electron chi connectivity index (χ1n) is 9.24. The number of carbonyl (C=O) groups is 3. The summed E-state index contributed by atoms with van der Waals surface area (Å²) in [5, 5.41) is 4.65. The number of nitrogens with zero attached hydrogens (tertiary/aromatic N) is 1. The zero-order valence-corrected chi connectivity index (χ0v) is 15.6. The molecule has 0 saturated heterocycles. The summed E-state index contributed by atoms with van der Waals surface area (Å²) in [4.78, 5) is 38.6. The molecule has 1 heterocycles. The Labute approximate surface area is 163 Å². The molecule has 0 saturated carbocycles. The van der Waals surface area contributed by atoms with E-state index in [1.165, 1.54) is 4.90 Å². The highest BCUT2D eigenvalue weighted by Crippen LogP contribution is 2.27. The smallest absolute Gasteiger partial charge is 0.261 e. The third kappa shape index (κ3) is 3.39. The van der Waals surface area contributed by atoms with Gasteiger partial charge in [0.1, 0.15) is 0 Å². The molecule has 1 N–H and O–H groups in total. The van der Waals surface area contributed by atoms with Gasteiger partial charge in [0.05, 0.1) is 17.5 Å². The molecule has 0 fully saturated rings. The molecular formula is C23H20N2O3. The molecule has 0 spiro atoms. The second-order valence-corrected chi connectivity index (χ2v) is 7.02. The van der Waals surface area contributed by atoms with E-state index in [2.05, 4.69) is 5.32 Å². The number of nitrogens with one attached hydrogen (secondary N) is 1. The molecule has 0 bridgehead atoms. The molecule has 3 amide bonds. The standard InChI is InChI=1S/C23H20N2O3/c1-15-5-4-6-16(11-15)12-21(26)24-9-10-25-22(27)19-13-17-7-2-3-8-18(17)14-20(19)23(25)28/h2-8,11,13-14H,9-10,12H2,1H3,(H,24,26).